The standard InChI is InChI=1S/C21H16ClFN4O/c1-24-16-8-13-19(9-12(16)11-6-7-11)27(18-5-3-2-4-14(18)22)21(28)26-20(13)25-17-10-15(17)23/h2-5,8-9,11,15,17H,6-7,10H2,(H,25,26,28)/t15-,17-/m0/s1. The van der Waals surface area contributed by atoms with Gasteiger partial charge in [-0.1, -0.05) is 23.7 Å². The topological polar surface area (TPSA) is 51.3 Å². The molecule has 2 atom stereocenters. The Morgan fingerprint density at radius 1 is 1.29 bits per heavy atom. The minimum absolute atomic E-state index is 0.320. The summed E-state index contributed by atoms with van der Waals surface area (Å²) in [6.45, 7) is 7.57. The van der Waals surface area contributed by atoms with Crippen LogP contribution in [0.3, 0.4) is 0 Å². The summed E-state index contributed by atoms with van der Waals surface area (Å²) in [6.07, 6.45) is 1.53. The minimum atomic E-state index is -0.936. The number of fused-ring (bicyclic) bond motifs is 1. The Morgan fingerprint density at radius 2 is 2.04 bits per heavy atom. The van der Waals surface area contributed by atoms with Gasteiger partial charge in [-0.2, -0.15) is 4.98 Å². The molecule has 1 heterocycles. The second-order valence-electron chi connectivity index (χ2n) is 7.35. The fourth-order valence-electron chi connectivity index (χ4n) is 3.56. The Kier molecular flexibility index (Phi) is 3.88. The molecule has 0 radical (unpaired) electrons. The Hall–Kier alpha value is -2.91. The summed E-state index contributed by atoms with van der Waals surface area (Å²) in [5.41, 5.74) is 2.16. The fraction of sp³-hybridized carbons (Fsp3) is 0.286. The number of alkyl halides is 1. The summed E-state index contributed by atoms with van der Waals surface area (Å²) in [7, 11) is 0. The summed E-state index contributed by atoms with van der Waals surface area (Å²) in [4.78, 5) is 20.8. The maximum Gasteiger partial charge on any atom is 0.354 e. The number of para-hydroxylation sites is 1. The van der Waals surface area contributed by atoms with Gasteiger partial charge in [-0.15, -0.1) is 0 Å². The van der Waals surface area contributed by atoms with E-state index in [-0.39, 0.29) is 6.04 Å². The zero-order chi connectivity index (χ0) is 19.4. The number of benzene rings is 2. The average Bonchev–Trinajstić information content (AvgIpc) is 3.60. The molecule has 7 heteroatoms. The lowest BCUT2D eigenvalue weighted by molar-refractivity contribution is 0.472. The number of nitrogens with one attached hydrogen (secondary N) is 1. The van der Waals surface area contributed by atoms with Crippen LogP contribution in [0.25, 0.3) is 21.4 Å². The molecule has 2 aliphatic rings. The van der Waals surface area contributed by atoms with Gasteiger partial charge in [0.2, 0.25) is 0 Å². The number of aromatic nitrogens is 2. The van der Waals surface area contributed by atoms with Crippen LogP contribution in [0, 0.1) is 6.57 Å². The van der Waals surface area contributed by atoms with Crippen LogP contribution in [-0.4, -0.2) is 21.8 Å². The lowest BCUT2D eigenvalue weighted by Crippen LogP contribution is -2.24. The number of nitrogens with zero attached hydrogens (tertiary/aromatic N) is 3. The van der Waals surface area contributed by atoms with E-state index in [0.717, 1.165) is 18.4 Å². The van der Waals surface area contributed by atoms with E-state index in [1.54, 1.807) is 30.3 Å². The SMILES string of the molecule is [C-]#[N+]c1cc2c(N[C@H]3C[C@@H]3F)nc(=O)n(-c3ccccc3Cl)c2cc1C1CC1. The second-order valence-corrected chi connectivity index (χ2v) is 7.75. The number of rotatable bonds is 4. The van der Waals surface area contributed by atoms with Crippen molar-refractivity contribution in [3.8, 4) is 5.69 Å². The minimum Gasteiger partial charge on any atom is -0.364 e. The monoisotopic (exact) mass is 394 g/mol. The molecule has 0 bridgehead atoms. The molecule has 140 valence electrons. The predicted octanol–water partition coefficient (Wildman–Crippen LogP) is 4.99. The summed E-state index contributed by atoms with van der Waals surface area (Å²) >= 11 is 6.36. The molecule has 0 unspecified atom stereocenters. The first-order valence-electron chi connectivity index (χ1n) is 9.20. The van der Waals surface area contributed by atoms with E-state index in [9.17, 15) is 9.18 Å². The molecule has 0 spiro atoms. The van der Waals surface area contributed by atoms with Crippen molar-refractivity contribution in [3.63, 3.8) is 0 Å². The molecule has 2 fully saturated rings. The first-order valence-corrected chi connectivity index (χ1v) is 9.58. The normalized spacial score (nSPS) is 20.8. The van der Waals surface area contributed by atoms with Crippen molar-refractivity contribution in [2.75, 3.05) is 5.32 Å². The molecule has 2 aromatic carbocycles. The Labute approximate surface area is 165 Å². The zero-order valence-corrected chi connectivity index (χ0v) is 15.6. The van der Waals surface area contributed by atoms with E-state index in [2.05, 4.69) is 15.1 Å². The molecule has 1 N–H and O–H groups in total. The predicted molar refractivity (Wildman–Crippen MR) is 108 cm³/mol. The smallest absolute Gasteiger partial charge is 0.354 e. The van der Waals surface area contributed by atoms with Gasteiger partial charge in [-0.05, 0) is 48.6 Å². The molecular weight excluding hydrogens is 379 g/mol. The van der Waals surface area contributed by atoms with Crippen LogP contribution in [0.5, 0.6) is 0 Å². The maximum absolute atomic E-state index is 13.4. The molecule has 1 aromatic heterocycles. The molecule has 0 saturated heterocycles. The van der Waals surface area contributed by atoms with Crippen LogP contribution in [0.2, 0.25) is 5.02 Å². The lowest BCUT2D eigenvalue weighted by atomic mass is 10.0. The summed E-state index contributed by atoms with van der Waals surface area (Å²) < 4.78 is 14.9. The van der Waals surface area contributed by atoms with Crippen LogP contribution >= 0.6 is 11.6 Å². The molecule has 0 amide bonds. The third-order valence-corrected chi connectivity index (χ3v) is 5.63. The molecule has 3 aromatic rings. The zero-order valence-electron chi connectivity index (χ0n) is 14.8. The van der Waals surface area contributed by atoms with Gasteiger partial charge < -0.3 is 5.32 Å². The van der Waals surface area contributed by atoms with E-state index >= 15 is 0 Å². The van der Waals surface area contributed by atoms with Crippen molar-refractivity contribution in [1.82, 2.24) is 9.55 Å². The van der Waals surface area contributed by atoms with E-state index in [4.69, 9.17) is 18.2 Å². The Bertz CT molecular complexity index is 1210. The van der Waals surface area contributed by atoms with Gasteiger partial charge in [0.1, 0.15) is 12.0 Å². The van der Waals surface area contributed by atoms with Crippen LogP contribution in [0.1, 0.15) is 30.7 Å². The number of hydrogen-bond donors (Lipinski definition) is 1. The fourth-order valence-corrected chi connectivity index (χ4v) is 3.78. The van der Waals surface area contributed by atoms with E-state index < -0.39 is 11.9 Å². The molecular formula is C21H16ClFN4O. The summed E-state index contributed by atoms with van der Waals surface area (Å²) in [6, 6.07) is 10.4. The largest absolute Gasteiger partial charge is 0.364 e. The highest BCUT2D eigenvalue weighted by atomic mass is 35.5. The van der Waals surface area contributed by atoms with Gasteiger partial charge in [0, 0.05) is 11.8 Å². The maximum atomic E-state index is 13.4. The van der Waals surface area contributed by atoms with Crippen LogP contribution in [0.4, 0.5) is 15.9 Å². The highest BCUT2D eigenvalue weighted by Crippen LogP contribution is 2.46. The van der Waals surface area contributed by atoms with Crippen molar-refractivity contribution >= 4 is 34.0 Å². The summed E-state index contributed by atoms with van der Waals surface area (Å²) in [5, 5.41) is 4.07. The van der Waals surface area contributed by atoms with Crippen LogP contribution in [-0.2, 0) is 0 Å². The lowest BCUT2D eigenvalue weighted by Gasteiger charge is -2.16. The van der Waals surface area contributed by atoms with Gasteiger partial charge in [0.25, 0.3) is 0 Å². The quantitative estimate of drug-likeness (QED) is 0.634. The van der Waals surface area contributed by atoms with Crippen molar-refractivity contribution in [2.24, 2.45) is 0 Å². The van der Waals surface area contributed by atoms with Crippen molar-refractivity contribution in [3.05, 3.63) is 68.9 Å². The number of anilines is 1. The van der Waals surface area contributed by atoms with Gasteiger partial charge >= 0.3 is 5.69 Å². The van der Waals surface area contributed by atoms with Gasteiger partial charge in [0.05, 0.1) is 28.8 Å². The van der Waals surface area contributed by atoms with Gasteiger partial charge in [0.15, 0.2) is 5.69 Å². The van der Waals surface area contributed by atoms with Gasteiger partial charge in [-0.25, -0.2) is 14.0 Å². The third-order valence-electron chi connectivity index (χ3n) is 5.31. The van der Waals surface area contributed by atoms with E-state index in [1.165, 1.54) is 4.57 Å². The van der Waals surface area contributed by atoms with Crippen molar-refractivity contribution in [2.45, 2.75) is 37.4 Å². The summed E-state index contributed by atoms with van der Waals surface area (Å²) in [5.74, 6) is 0.659. The highest BCUT2D eigenvalue weighted by molar-refractivity contribution is 6.32. The van der Waals surface area contributed by atoms with E-state index in [0.29, 0.717) is 45.5 Å². The number of hydrogen-bond acceptors (Lipinski definition) is 3. The highest BCUT2D eigenvalue weighted by Gasteiger charge is 2.38. The van der Waals surface area contributed by atoms with Crippen molar-refractivity contribution < 1.29 is 4.39 Å². The van der Waals surface area contributed by atoms with Crippen LogP contribution in [0.15, 0.2) is 41.2 Å². The molecule has 0 aliphatic heterocycles. The molecule has 2 saturated carbocycles. The molecule has 5 rings (SSSR count). The van der Waals surface area contributed by atoms with E-state index in [1.807, 2.05) is 6.07 Å². The first kappa shape index (κ1) is 17.2. The molecule has 2 aliphatic carbocycles. The average molecular weight is 395 g/mol. The first-order chi connectivity index (χ1) is 13.6. The van der Waals surface area contributed by atoms with Crippen LogP contribution < -0.4 is 11.0 Å². The Morgan fingerprint density at radius 3 is 2.68 bits per heavy atom. The number of halogens is 2. The second kappa shape index (κ2) is 6.32. The van der Waals surface area contributed by atoms with Crippen molar-refractivity contribution in [1.29, 1.82) is 0 Å². The third kappa shape index (κ3) is 2.83. The molecule has 5 nitrogen and oxygen atoms in total. The van der Waals surface area contributed by atoms with Gasteiger partial charge in [-0.3, -0.25) is 4.57 Å². The molecule has 28 heavy (non-hydrogen) atoms. The Balaban J connectivity index is 1.82.